The zero-order chi connectivity index (χ0) is 19.1. The summed E-state index contributed by atoms with van der Waals surface area (Å²) in [5.41, 5.74) is 4.99. The summed E-state index contributed by atoms with van der Waals surface area (Å²) in [7, 11) is 0. The molecule has 2 N–H and O–H groups in total. The summed E-state index contributed by atoms with van der Waals surface area (Å²) in [6.07, 6.45) is 3.46. The zero-order valence-electron chi connectivity index (χ0n) is 16.0. The summed E-state index contributed by atoms with van der Waals surface area (Å²) in [5, 5.41) is 7.85. The fraction of sp³-hybridized carbons (Fsp3) is 0.304. The predicted molar refractivity (Wildman–Crippen MR) is 112 cm³/mol. The minimum atomic E-state index is -0.498. The molecule has 2 aliphatic rings. The molecule has 0 aliphatic carbocycles. The number of carbonyl (C=O) groups excluding carboxylic acids is 1. The summed E-state index contributed by atoms with van der Waals surface area (Å²) in [6, 6.07) is 16.5. The maximum atomic E-state index is 12.8. The van der Waals surface area contributed by atoms with Crippen molar-refractivity contribution in [1.29, 1.82) is 0 Å². The van der Waals surface area contributed by atoms with Gasteiger partial charge in [-0.25, -0.2) is 0 Å². The van der Waals surface area contributed by atoms with Gasteiger partial charge in [0.2, 0.25) is 5.91 Å². The lowest BCUT2D eigenvalue weighted by Crippen LogP contribution is -2.58. The summed E-state index contributed by atoms with van der Waals surface area (Å²) >= 11 is 0. The van der Waals surface area contributed by atoms with Gasteiger partial charge in [-0.1, -0.05) is 30.3 Å². The molecule has 3 aromatic rings. The molecule has 1 saturated heterocycles. The number of hydrogen-bond donors (Lipinski definition) is 2. The van der Waals surface area contributed by atoms with E-state index in [1.165, 1.54) is 16.5 Å². The Labute approximate surface area is 164 Å². The number of carbonyl (C=O) groups is 1. The highest BCUT2D eigenvalue weighted by atomic mass is 16.2. The second-order valence-electron chi connectivity index (χ2n) is 7.92. The van der Waals surface area contributed by atoms with E-state index in [1.807, 2.05) is 36.5 Å². The number of pyridine rings is 1. The maximum absolute atomic E-state index is 12.8. The van der Waals surface area contributed by atoms with Gasteiger partial charge < -0.3 is 10.6 Å². The molecule has 28 heavy (non-hydrogen) atoms. The smallest absolute Gasteiger partial charge is 0.250 e. The highest BCUT2D eigenvalue weighted by Crippen LogP contribution is 2.36. The van der Waals surface area contributed by atoms with E-state index in [-0.39, 0.29) is 5.91 Å². The van der Waals surface area contributed by atoms with Crippen LogP contribution in [0.1, 0.15) is 24.0 Å². The van der Waals surface area contributed by atoms with E-state index in [4.69, 9.17) is 0 Å². The molecule has 1 aromatic heterocycles. The van der Waals surface area contributed by atoms with Crippen molar-refractivity contribution in [2.75, 3.05) is 23.7 Å². The Bertz CT molecular complexity index is 1050. The molecule has 5 rings (SSSR count). The normalized spacial score (nSPS) is 18.5. The topological polar surface area (TPSA) is 57.3 Å². The van der Waals surface area contributed by atoms with Gasteiger partial charge >= 0.3 is 0 Å². The first-order valence-corrected chi connectivity index (χ1v) is 9.89. The number of para-hydroxylation sites is 2. The van der Waals surface area contributed by atoms with Crippen LogP contribution in [0.2, 0.25) is 0 Å². The van der Waals surface area contributed by atoms with Gasteiger partial charge in [-0.3, -0.25) is 14.7 Å². The number of likely N-dealkylation sites (tertiary alicyclic amines) is 1. The monoisotopic (exact) mass is 372 g/mol. The molecule has 0 bridgehead atoms. The van der Waals surface area contributed by atoms with Crippen LogP contribution in [-0.2, 0) is 11.3 Å². The number of rotatable bonds is 2. The van der Waals surface area contributed by atoms with Gasteiger partial charge in [-0.15, -0.1) is 0 Å². The lowest BCUT2D eigenvalue weighted by Gasteiger charge is -2.44. The van der Waals surface area contributed by atoms with Crippen molar-refractivity contribution in [1.82, 2.24) is 9.88 Å². The van der Waals surface area contributed by atoms with Crippen LogP contribution in [0.3, 0.4) is 0 Å². The lowest BCUT2D eigenvalue weighted by atomic mass is 9.84. The number of nitrogens with zero attached hydrogens (tertiary/aromatic N) is 2. The molecule has 3 heterocycles. The van der Waals surface area contributed by atoms with Crippen LogP contribution in [-0.4, -0.2) is 34.4 Å². The molecule has 1 fully saturated rings. The molecule has 0 atom stereocenters. The van der Waals surface area contributed by atoms with E-state index in [0.717, 1.165) is 49.4 Å². The average Bonchev–Trinajstić information content (AvgIpc) is 2.73. The number of aromatic nitrogens is 1. The van der Waals surface area contributed by atoms with Crippen LogP contribution in [0.25, 0.3) is 10.9 Å². The number of aryl methyl sites for hydroxylation is 1. The quantitative estimate of drug-likeness (QED) is 0.715. The van der Waals surface area contributed by atoms with E-state index in [0.29, 0.717) is 0 Å². The summed E-state index contributed by atoms with van der Waals surface area (Å²) < 4.78 is 0. The third kappa shape index (κ3) is 2.83. The van der Waals surface area contributed by atoms with E-state index >= 15 is 0 Å². The molecule has 0 unspecified atom stereocenters. The zero-order valence-corrected chi connectivity index (χ0v) is 16.0. The van der Waals surface area contributed by atoms with Crippen LogP contribution >= 0.6 is 0 Å². The molecule has 1 spiro atoms. The molecular weight excluding hydrogens is 348 g/mol. The van der Waals surface area contributed by atoms with Gasteiger partial charge in [0.15, 0.2) is 0 Å². The van der Waals surface area contributed by atoms with Gasteiger partial charge in [-0.05, 0) is 49.1 Å². The molecule has 0 radical (unpaired) electrons. The number of fused-ring (bicyclic) bond motifs is 2. The van der Waals surface area contributed by atoms with Gasteiger partial charge in [0.05, 0.1) is 16.9 Å². The van der Waals surface area contributed by atoms with Crippen LogP contribution in [0.5, 0.6) is 0 Å². The number of benzene rings is 2. The van der Waals surface area contributed by atoms with Crippen LogP contribution in [0, 0.1) is 6.92 Å². The number of anilines is 2. The first-order valence-electron chi connectivity index (χ1n) is 9.89. The Morgan fingerprint density at radius 1 is 1.04 bits per heavy atom. The van der Waals surface area contributed by atoms with E-state index in [1.54, 1.807) is 0 Å². The summed E-state index contributed by atoms with van der Waals surface area (Å²) in [6.45, 7) is 4.77. The van der Waals surface area contributed by atoms with Gasteiger partial charge in [0.1, 0.15) is 5.54 Å². The van der Waals surface area contributed by atoms with Crippen molar-refractivity contribution in [3.8, 4) is 0 Å². The Morgan fingerprint density at radius 2 is 1.82 bits per heavy atom. The second kappa shape index (κ2) is 6.60. The standard InChI is InChI=1S/C23H24N4O/c1-16-8-9-17(18-5-4-12-24-21(16)18)15-27-13-10-23(11-14-27)22(28)25-19-6-2-3-7-20(19)26-23/h2-9,12,26H,10-11,13-15H2,1H3,(H,25,28). The third-order valence-corrected chi connectivity index (χ3v) is 6.15. The predicted octanol–water partition coefficient (Wildman–Crippen LogP) is 3.94. The highest BCUT2D eigenvalue weighted by molar-refractivity contribution is 6.06. The molecule has 1 amide bonds. The molecule has 2 aromatic carbocycles. The van der Waals surface area contributed by atoms with Crippen LogP contribution in [0.15, 0.2) is 54.7 Å². The SMILES string of the molecule is Cc1ccc(CN2CCC3(CC2)Nc2ccccc2NC3=O)c2cccnc12. The fourth-order valence-corrected chi connectivity index (χ4v) is 4.45. The molecule has 2 aliphatic heterocycles. The van der Waals surface area contributed by atoms with Crippen molar-refractivity contribution >= 4 is 28.2 Å². The molecule has 5 heteroatoms. The number of piperidine rings is 1. The van der Waals surface area contributed by atoms with Gasteiger partial charge in [-0.2, -0.15) is 0 Å². The van der Waals surface area contributed by atoms with Crippen LogP contribution < -0.4 is 10.6 Å². The third-order valence-electron chi connectivity index (χ3n) is 6.15. The highest BCUT2D eigenvalue weighted by Gasteiger charge is 2.44. The molecule has 0 saturated carbocycles. The minimum Gasteiger partial charge on any atom is -0.369 e. The number of nitrogens with one attached hydrogen (secondary N) is 2. The largest absolute Gasteiger partial charge is 0.369 e. The van der Waals surface area contributed by atoms with Crippen molar-refractivity contribution in [2.45, 2.75) is 31.8 Å². The van der Waals surface area contributed by atoms with Crippen molar-refractivity contribution < 1.29 is 4.79 Å². The second-order valence-corrected chi connectivity index (χ2v) is 7.92. The van der Waals surface area contributed by atoms with E-state index < -0.39 is 5.54 Å². The maximum Gasteiger partial charge on any atom is 0.250 e. The number of hydrogen-bond acceptors (Lipinski definition) is 4. The Hall–Kier alpha value is -2.92. The van der Waals surface area contributed by atoms with Crippen LogP contribution in [0.4, 0.5) is 11.4 Å². The molecule has 5 nitrogen and oxygen atoms in total. The Morgan fingerprint density at radius 3 is 2.64 bits per heavy atom. The molecule has 142 valence electrons. The van der Waals surface area contributed by atoms with Crippen molar-refractivity contribution in [3.63, 3.8) is 0 Å². The summed E-state index contributed by atoms with van der Waals surface area (Å²) in [5.74, 6) is 0.0934. The number of amides is 1. The Balaban J connectivity index is 1.33. The van der Waals surface area contributed by atoms with Gasteiger partial charge in [0, 0.05) is 31.2 Å². The fourth-order valence-electron chi connectivity index (χ4n) is 4.45. The molecular formula is C23H24N4O. The minimum absolute atomic E-state index is 0.0934. The van der Waals surface area contributed by atoms with E-state index in [2.05, 4.69) is 45.6 Å². The van der Waals surface area contributed by atoms with Crippen molar-refractivity contribution in [3.05, 3.63) is 65.9 Å². The average molecular weight is 372 g/mol. The summed E-state index contributed by atoms with van der Waals surface area (Å²) in [4.78, 5) is 19.8. The lowest BCUT2D eigenvalue weighted by molar-refractivity contribution is -0.122. The van der Waals surface area contributed by atoms with Gasteiger partial charge in [0.25, 0.3) is 0 Å². The first kappa shape index (κ1) is 17.2. The van der Waals surface area contributed by atoms with Crippen molar-refractivity contribution in [2.24, 2.45) is 0 Å². The first-order chi connectivity index (χ1) is 13.6. The van der Waals surface area contributed by atoms with E-state index in [9.17, 15) is 4.79 Å². The Kier molecular flexibility index (Phi) is 4.05.